The van der Waals surface area contributed by atoms with Gasteiger partial charge in [0.1, 0.15) is 0 Å². The number of nitrogens with two attached hydrogens (primary N) is 1. The van der Waals surface area contributed by atoms with E-state index in [4.69, 9.17) is 5.73 Å². The van der Waals surface area contributed by atoms with Crippen molar-refractivity contribution in [3.05, 3.63) is 30.1 Å². The Kier molecular flexibility index (Phi) is 4.62. The smallest absolute Gasteiger partial charge is 0.242 e. The van der Waals surface area contributed by atoms with Gasteiger partial charge in [0.15, 0.2) is 0 Å². The van der Waals surface area contributed by atoms with Gasteiger partial charge in [0.2, 0.25) is 5.91 Å². The lowest BCUT2D eigenvalue weighted by Crippen LogP contribution is -2.53. The van der Waals surface area contributed by atoms with Crippen LogP contribution in [0.25, 0.3) is 0 Å². The lowest BCUT2D eigenvalue weighted by molar-refractivity contribution is -0.135. The molecular formula is C14H21ClN4O. The third-order valence-electron chi connectivity index (χ3n) is 4.00. The maximum Gasteiger partial charge on any atom is 0.242 e. The van der Waals surface area contributed by atoms with Gasteiger partial charge < -0.3 is 10.6 Å². The molecule has 1 saturated carbocycles. The largest absolute Gasteiger partial charge is 0.339 e. The summed E-state index contributed by atoms with van der Waals surface area (Å²) in [5, 5.41) is 0. The van der Waals surface area contributed by atoms with E-state index >= 15 is 0 Å². The molecule has 2 aliphatic rings. The molecule has 1 aliphatic carbocycles. The summed E-state index contributed by atoms with van der Waals surface area (Å²) in [5.74, 6) is 0.147. The van der Waals surface area contributed by atoms with Crippen LogP contribution in [0.4, 0.5) is 0 Å². The van der Waals surface area contributed by atoms with Gasteiger partial charge in [-0.15, -0.1) is 12.4 Å². The quantitative estimate of drug-likeness (QED) is 0.889. The Hall–Kier alpha value is -1.17. The normalized spacial score (nSPS) is 21.1. The van der Waals surface area contributed by atoms with E-state index in [0.29, 0.717) is 0 Å². The molecule has 6 heteroatoms. The van der Waals surface area contributed by atoms with Crippen LogP contribution in [0.3, 0.4) is 0 Å². The molecule has 110 valence electrons. The van der Waals surface area contributed by atoms with Crippen molar-refractivity contribution in [2.75, 3.05) is 26.2 Å². The van der Waals surface area contributed by atoms with Gasteiger partial charge in [0.05, 0.1) is 5.54 Å². The van der Waals surface area contributed by atoms with Gasteiger partial charge >= 0.3 is 0 Å². The molecule has 0 spiro atoms. The summed E-state index contributed by atoms with van der Waals surface area (Å²) in [5.41, 5.74) is 6.67. The molecule has 0 aromatic carbocycles. The first-order valence-corrected chi connectivity index (χ1v) is 6.87. The van der Waals surface area contributed by atoms with Crippen LogP contribution in [0.2, 0.25) is 0 Å². The second-order valence-electron chi connectivity index (χ2n) is 5.59. The molecule has 2 N–H and O–H groups in total. The van der Waals surface area contributed by atoms with Gasteiger partial charge in [0, 0.05) is 45.1 Å². The number of carbonyl (C=O) groups is 1. The van der Waals surface area contributed by atoms with Crippen LogP contribution in [-0.2, 0) is 11.3 Å². The number of hydrogen-bond acceptors (Lipinski definition) is 4. The maximum absolute atomic E-state index is 12.1. The molecule has 0 radical (unpaired) electrons. The van der Waals surface area contributed by atoms with E-state index in [9.17, 15) is 4.79 Å². The van der Waals surface area contributed by atoms with Crippen molar-refractivity contribution in [1.82, 2.24) is 14.8 Å². The van der Waals surface area contributed by atoms with E-state index in [1.165, 1.54) is 5.56 Å². The second kappa shape index (κ2) is 6.08. The summed E-state index contributed by atoms with van der Waals surface area (Å²) in [6.07, 6.45) is 5.39. The van der Waals surface area contributed by atoms with E-state index in [2.05, 4.69) is 16.0 Å². The number of amides is 1. The number of carbonyl (C=O) groups excluding carboxylic acids is 1. The zero-order valence-electron chi connectivity index (χ0n) is 11.5. The van der Waals surface area contributed by atoms with Crippen LogP contribution in [0.5, 0.6) is 0 Å². The van der Waals surface area contributed by atoms with Crippen molar-refractivity contribution in [1.29, 1.82) is 0 Å². The third kappa shape index (κ3) is 3.29. The highest BCUT2D eigenvalue weighted by molar-refractivity contribution is 5.89. The zero-order chi connectivity index (χ0) is 13.3. The van der Waals surface area contributed by atoms with Gasteiger partial charge in [-0.25, -0.2) is 0 Å². The molecule has 1 aromatic rings. The number of aromatic nitrogens is 1. The van der Waals surface area contributed by atoms with E-state index in [1.54, 1.807) is 6.20 Å². The lowest BCUT2D eigenvalue weighted by Gasteiger charge is -2.36. The molecule has 2 fully saturated rings. The minimum absolute atomic E-state index is 0. The molecule has 1 saturated heterocycles. The maximum atomic E-state index is 12.1. The summed E-state index contributed by atoms with van der Waals surface area (Å²) in [6, 6.07) is 4.05. The number of piperazine rings is 1. The van der Waals surface area contributed by atoms with Crippen LogP contribution in [0.15, 0.2) is 24.5 Å². The molecule has 5 nitrogen and oxygen atoms in total. The van der Waals surface area contributed by atoms with E-state index in [0.717, 1.165) is 45.6 Å². The molecule has 0 atom stereocenters. The van der Waals surface area contributed by atoms with Crippen molar-refractivity contribution in [2.45, 2.75) is 24.9 Å². The van der Waals surface area contributed by atoms with Crippen LogP contribution >= 0.6 is 12.4 Å². The van der Waals surface area contributed by atoms with Gasteiger partial charge in [0.25, 0.3) is 0 Å². The monoisotopic (exact) mass is 296 g/mol. The minimum Gasteiger partial charge on any atom is -0.339 e. The van der Waals surface area contributed by atoms with E-state index in [-0.39, 0.29) is 18.3 Å². The summed E-state index contributed by atoms with van der Waals surface area (Å²) in [4.78, 5) is 20.5. The lowest BCUT2D eigenvalue weighted by atomic mass is 10.2. The van der Waals surface area contributed by atoms with Crippen LogP contribution in [0.1, 0.15) is 18.4 Å². The van der Waals surface area contributed by atoms with Crippen LogP contribution in [0, 0.1) is 0 Å². The highest BCUT2D eigenvalue weighted by Crippen LogP contribution is 2.34. The standard InChI is InChI=1S/C14H20N4O.ClH/c15-14(3-4-14)13(19)18-8-6-17(7-9-18)11-12-2-1-5-16-10-12;/h1-2,5,10H,3-4,6-9,11,15H2;1H. The molecule has 0 bridgehead atoms. The molecule has 1 amide bonds. The topological polar surface area (TPSA) is 62.5 Å². The van der Waals surface area contributed by atoms with Gasteiger partial charge in [-0.3, -0.25) is 14.7 Å². The Bertz CT molecular complexity index is 456. The fraction of sp³-hybridized carbons (Fsp3) is 0.571. The third-order valence-corrected chi connectivity index (χ3v) is 4.00. The highest BCUT2D eigenvalue weighted by Gasteiger charge is 2.48. The number of rotatable bonds is 3. The summed E-state index contributed by atoms with van der Waals surface area (Å²) < 4.78 is 0. The first kappa shape index (κ1) is 15.2. The molecular weight excluding hydrogens is 276 g/mol. The predicted molar refractivity (Wildman–Crippen MR) is 79.5 cm³/mol. The SMILES string of the molecule is Cl.NC1(C(=O)N2CCN(Cc3cccnc3)CC2)CC1. The second-order valence-corrected chi connectivity index (χ2v) is 5.59. The summed E-state index contributed by atoms with van der Waals surface area (Å²) >= 11 is 0. The van der Waals surface area contributed by atoms with Crippen molar-refractivity contribution >= 4 is 18.3 Å². The first-order chi connectivity index (χ1) is 9.17. The fourth-order valence-corrected chi connectivity index (χ4v) is 2.52. The van der Waals surface area contributed by atoms with Crippen LogP contribution in [-0.4, -0.2) is 52.4 Å². The average molecular weight is 297 g/mol. The Morgan fingerprint density at radius 2 is 2.00 bits per heavy atom. The Morgan fingerprint density at radius 1 is 1.30 bits per heavy atom. The number of halogens is 1. The summed E-state index contributed by atoms with van der Waals surface area (Å²) in [7, 11) is 0. The van der Waals surface area contributed by atoms with Crippen molar-refractivity contribution in [3.63, 3.8) is 0 Å². The highest BCUT2D eigenvalue weighted by atomic mass is 35.5. The molecule has 0 unspecified atom stereocenters. The molecule has 2 heterocycles. The number of pyridine rings is 1. The minimum atomic E-state index is -0.522. The van der Waals surface area contributed by atoms with Crippen molar-refractivity contribution < 1.29 is 4.79 Å². The fourth-order valence-electron chi connectivity index (χ4n) is 2.52. The number of hydrogen-bond donors (Lipinski definition) is 1. The van der Waals surface area contributed by atoms with E-state index < -0.39 is 5.54 Å². The Balaban J connectivity index is 0.00000147. The van der Waals surface area contributed by atoms with Gasteiger partial charge in [-0.2, -0.15) is 0 Å². The Morgan fingerprint density at radius 3 is 2.55 bits per heavy atom. The van der Waals surface area contributed by atoms with Gasteiger partial charge in [-0.1, -0.05) is 6.07 Å². The Labute approximate surface area is 125 Å². The molecule has 1 aliphatic heterocycles. The zero-order valence-corrected chi connectivity index (χ0v) is 12.3. The van der Waals surface area contributed by atoms with Crippen molar-refractivity contribution in [3.8, 4) is 0 Å². The first-order valence-electron chi connectivity index (χ1n) is 6.87. The van der Waals surface area contributed by atoms with Crippen molar-refractivity contribution in [2.24, 2.45) is 5.73 Å². The molecule has 20 heavy (non-hydrogen) atoms. The van der Waals surface area contributed by atoms with E-state index in [1.807, 2.05) is 17.2 Å². The van der Waals surface area contributed by atoms with Gasteiger partial charge in [-0.05, 0) is 24.5 Å². The van der Waals surface area contributed by atoms with Crippen LogP contribution < -0.4 is 5.73 Å². The number of nitrogens with zero attached hydrogens (tertiary/aromatic N) is 3. The summed E-state index contributed by atoms with van der Waals surface area (Å²) in [6.45, 7) is 4.31. The molecule has 3 rings (SSSR count). The molecule has 1 aromatic heterocycles. The predicted octanol–water partition coefficient (Wildman–Crippen LogP) is 0.639. The average Bonchev–Trinajstić information content (AvgIpc) is 3.19.